The molecule has 84 valence electrons. The van der Waals surface area contributed by atoms with E-state index in [0.717, 1.165) is 0 Å². The number of pyridine rings is 1. The third-order valence-electron chi connectivity index (χ3n) is 2.21. The molecule has 0 unspecified atom stereocenters. The molecule has 0 fully saturated rings. The van der Waals surface area contributed by atoms with Crippen molar-refractivity contribution in [1.29, 1.82) is 5.26 Å². The van der Waals surface area contributed by atoms with Crippen molar-refractivity contribution in [1.82, 2.24) is 9.47 Å². The molecule has 1 aromatic rings. The van der Waals surface area contributed by atoms with E-state index in [0.29, 0.717) is 6.54 Å². The molecular formula is C11H13N3O2. The number of nitrogens with zero attached hydrogens (tertiary/aromatic N) is 3. The van der Waals surface area contributed by atoms with Gasteiger partial charge >= 0.3 is 0 Å². The Bertz CT molecular complexity index is 483. The number of aryl methyl sites for hydroxylation is 1. The molecule has 0 aliphatic carbocycles. The van der Waals surface area contributed by atoms with Gasteiger partial charge in [0.1, 0.15) is 11.6 Å². The maximum absolute atomic E-state index is 11.6. The van der Waals surface area contributed by atoms with Gasteiger partial charge in [-0.05, 0) is 12.1 Å². The van der Waals surface area contributed by atoms with E-state index in [1.807, 2.05) is 6.07 Å². The van der Waals surface area contributed by atoms with Crippen LogP contribution in [0.3, 0.4) is 0 Å². The molecule has 0 aromatic carbocycles. The van der Waals surface area contributed by atoms with E-state index in [1.54, 1.807) is 26.4 Å². The normalized spacial score (nSPS) is 9.56. The Hall–Kier alpha value is -2.09. The number of hydrogen-bond donors (Lipinski definition) is 0. The first kappa shape index (κ1) is 12.0. The summed E-state index contributed by atoms with van der Waals surface area (Å²) in [5.41, 5.74) is -0.253. The third kappa shape index (κ3) is 2.70. The van der Waals surface area contributed by atoms with Crippen LogP contribution in [0.2, 0.25) is 0 Å². The summed E-state index contributed by atoms with van der Waals surface area (Å²) in [5, 5.41) is 8.67. The lowest BCUT2D eigenvalue weighted by molar-refractivity contribution is -0.128. The molecule has 1 aromatic heterocycles. The van der Waals surface area contributed by atoms with Gasteiger partial charge in [0, 0.05) is 33.3 Å². The van der Waals surface area contributed by atoms with Gasteiger partial charge in [-0.2, -0.15) is 5.26 Å². The lowest BCUT2D eigenvalue weighted by Crippen LogP contribution is -2.27. The van der Waals surface area contributed by atoms with Crippen molar-refractivity contribution in [2.45, 2.75) is 13.0 Å². The van der Waals surface area contributed by atoms with Gasteiger partial charge in [-0.15, -0.1) is 0 Å². The second kappa shape index (κ2) is 5.12. The molecule has 0 aliphatic heterocycles. The van der Waals surface area contributed by atoms with Gasteiger partial charge in [-0.25, -0.2) is 0 Å². The van der Waals surface area contributed by atoms with E-state index in [2.05, 4.69) is 0 Å². The Labute approximate surface area is 93.5 Å². The topological polar surface area (TPSA) is 66.1 Å². The molecule has 1 amide bonds. The molecule has 1 rings (SSSR count). The Balaban J connectivity index is 2.80. The average molecular weight is 219 g/mol. The fourth-order valence-corrected chi connectivity index (χ4v) is 1.24. The molecule has 0 N–H and O–H groups in total. The van der Waals surface area contributed by atoms with Crippen LogP contribution < -0.4 is 5.56 Å². The van der Waals surface area contributed by atoms with Gasteiger partial charge in [0.25, 0.3) is 5.56 Å². The lowest BCUT2D eigenvalue weighted by Gasteiger charge is -2.10. The second-order valence-corrected chi connectivity index (χ2v) is 3.57. The van der Waals surface area contributed by atoms with Crippen LogP contribution >= 0.6 is 0 Å². The number of amides is 1. The van der Waals surface area contributed by atoms with Crippen LogP contribution in [0.5, 0.6) is 0 Å². The van der Waals surface area contributed by atoms with Crippen LogP contribution in [0.15, 0.2) is 23.1 Å². The number of aromatic nitrogens is 1. The summed E-state index contributed by atoms with van der Waals surface area (Å²) in [6.45, 7) is 0.297. The summed E-state index contributed by atoms with van der Waals surface area (Å²) < 4.78 is 1.37. The quantitative estimate of drug-likeness (QED) is 0.729. The summed E-state index contributed by atoms with van der Waals surface area (Å²) in [4.78, 5) is 24.4. The van der Waals surface area contributed by atoms with Gasteiger partial charge in [-0.1, -0.05) is 0 Å². The van der Waals surface area contributed by atoms with Gasteiger partial charge in [0.2, 0.25) is 5.91 Å². The highest BCUT2D eigenvalue weighted by Gasteiger charge is 2.06. The molecule has 0 atom stereocenters. The minimum absolute atomic E-state index is 0.0470. The van der Waals surface area contributed by atoms with E-state index in [4.69, 9.17) is 5.26 Å². The summed E-state index contributed by atoms with van der Waals surface area (Å²) in [6, 6.07) is 4.91. The van der Waals surface area contributed by atoms with E-state index in [-0.39, 0.29) is 23.5 Å². The average Bonchev–Trinajstić information content (AvgIpc) is 2.27. The fraction of sp³-hybridized carbons (Fsp3) is 0.364. The Morgan fingerprint density at radius 2 is 2.25 bits per heavy atom. The highest BCUT2D eigenvalue weighted by atomic mass is 16.2. The zero-order chi connectivity index (χ0) is 12.1. The van der Waals surface area contributed by atoms with Crippen molar-refractivity contribution in [2.24, 2.45) is 0 Å². The van der Waals surface area contributed by atoms with Gasteiger partial charge < -0.3 is 9.47 Å². The number of rotatable bonds is 3. The van der Waals surface area contributed by atoms with E-state index in [9.17, 15) is 9.59 Å². The van der Waals surface area contributed by atoms with Gasteiger partial charge in [-0.3, -0.25) is 9.59 Å². The molecule has 0 radical (unpaired) electrons. The summed E-state index contributed by atoms with van der Waals surface area (Å²) in [7, 11) is 3.33. The van der Waals surface area contributed by atoms with Crippen LogP contribution in [0, 0.1) is 11.3 Å². The third-order valence-corrected chi connectivity index (χ3v) is 2.21. The van der Waals surface area contributed by atoms with E-state index < -0.39 is 0 Å². The number of carbonyl (C=O) groups is 1. The first-order valence-corrected chi connectivity index (χ1v) is 4.86. The zero-order valence-corrected chi connectivity index (χ0v) is 9.30. The van der Waals surface area contributed by atoms with Crippen LogP contribution in [-0.2, 0) is 11.3 Å². The monoisotopic (exact) mass is 219 g/mol. The molecule has 5 heteroatoms. The number of hydrogen-bond acceptors (Lipinski definition) is 3. The van der Waals surface area contributed by atoms with Gasteiger partial charge in [0.05, 0.1) is 0 Å². The first-order valence-electron chi connectivity index (χ1n) is 4.86. The largest absolute Gasteiger partial charge is 0.349 e. The molecule has 1 heterocycles. The fourth-order valence-electron chi connectivity index (χ4n) is 1.24. The molecule has 0 spiro atoms. The molecule has 5 nitrogen and oxygen atoms in total. The Morgan fingerprint density at radius 1 is 1.56 bits per heavy atom. The smallest absolute Gasteiger partial charge is 0.268 e. The summed E-state index contributed by atoms with van der Waals surface area (Å²) in [5.74, 6) is -0.0470. The zero-order valence-electron chi connectivity index (χ0n) is 9.30. The molecule has 16 heavy (non-hydrogen) atoms. The minimum Gasteiger partial charge on any atom is -0.349 e. The van der Waals surface area contributed by atoms with Crippen LogP contribution in [-0.4, -0.2) is 29.5 Å². The highest BCUT2D eigenvalue weighted by Crippen LogP contribution is 1.94. The Morgan fingerprint density at radius 3 is 2.81 bits per heavy atom. The van der Waals surface area contributed by atoms with Crippen LogP contribution in [0.25, 0.3) is 0 Å². The van der Waals surface area contributed by atoms with E-state index >= 15 is 0 Å². The van der Waals surface area contributed by atoms with Crippen molar-refractivity contribution in [3.63, 3.8) is 0 Å². The standard InChI is InChI=1S/C11H13N3O2/c1-13(2)10(15)5-7-14-6-3-4-9(8-12)11(14)16/h3-4,6H,5,7H2,1-2H3. The maximum Gasteiger partial charge on any atom is 0.268 e. The second-order valence-electron chi connectivity index (χ2n) is 3.57. The van der Waals surface area contributed by atoms with Crippen molar-refractivity contribution < 1.29 is 4.79 Å². The molecule has 0 saturated heterocycles. The van der Waals surface area contributed by atoms with Crippen LogP contribution in [0.4, 0.5) is 0 Å². The lowest BCUT2D eigenvalue weighted by atomic mass is 10.3. The van der Waals surface area contributed by atoms with Gasteiger partial charge in [0.15, 0.2) is 0 Å². The maximum atomic E-state index is 11.6. The van der Waals surface area contributed by atoms with Crippen molar-refractivity contribution in [3.8, 4) is 6.07 Å². The summed E-state index contributed by atoms with van der Waals surface area (Å²) >= 11 is 0. The minimum atomic E-state index is -0.350. The summed E-state index contributed by atoms with van der Waals surface area (Å²) in [6.07, 6.45) is 1.83. The Kier molecular flexibility index (Phi) is 3.84. The first-order chi connectivity index (χ1) is 7.56. The number of carbonyl (C=O) groups excluding carboxylic acids is 1. The molecule has 0 saturated carbocycles. The molecular weight excluding hydrogens is 206 g/mol. The predicted molar refractivity (Wildman–Crippen MR) is 58.7 cm³/mol. The van der Waals surface area contributed by atoms with Crippen molar-refractivity contribution >= 4 is 5.91 Å². The molecule has 0 aliphatic rings. The van der Waals surface area contributed by atoms with E-state index in [1.165, 1.54) is 15.5 Å². The van der Waals surface area contributed by atoms with Crippen molar-refractivity contribution in [2.75, 3.05) is 14.1 Å². The highest BCUT2D eigenvalue weighted by molar-refractivity contribution is 5.75. The predicted octanol–water partition coefficient (Wildman–Crippen LogP) is 0.198. The van der Waals surface area contributed by atoms with Crippen LogP contribution in [0.1, 0.15) is 12.0 Å². The number of nitriles is 1. The van der Waals surface area contributed by atoms with Crippen molar-refractivity contribution in [3.05, 3.63) is 34.2 Å². The molecule has 0 bridgehead atoms. The SMILES string of the molecule is CN(C)C(=O)CCn1cccc(C#N)c1=O.